The number of ether oxygens (including phenoxy) is 2. The molecule has 0 saturated carbocycles. The standard InChI is InChI=1S/C26H39N5O4S/c1-5-31(6-2)17-20-7-8-22(21(15-20)24(32)27-11-14-34-4)28-25(33)23-18-36-26(29-23)30(3)16-19-9-12-35-13-10-19/h7-8,15,18-19H,5-6,9-14,16-17H2,1-4H3,(H,27,32)(H,28,33). The van der Waals surface area contributed by atoms with Gasteiger partial charge in [-0.15, -0.1) is 11.3 Å². The number of benzene rings is 1. The summed E-state index contributed by atoms with van der Waals surface area (Å²) in [7, 11) is 3.60. The molecule has 9 nitrogen and oxygen atoms in total. The molecule has 1 saturated heterocycles. The number of rotatable bonds is 13. The monoisotopic (exact) mass is 517 g/mol. The minimum absolute atomic E-state index is 0.251. The first kappa shape index (κ1) is 28.0. The second-order valence-electron chi connectivity index (χ2n) is 9.00. The maximum Gasteiger partial charge on any atom is 0.275 e. The summed E-state index contributed by atoms with van der Waals surface area (Å²) < 4.78 is 10.5. The van der Waals surface area contributed by atoms with Crippen LogP contribution in [-0.2, 0) is 16.0 Å². The molecule has 2 heterocycles. The number of nitrogens with one attached hydrogen (secondary N) is 2. The van der Waals surface area contributed by atoms with Crippen molar-refractivity contribution in [3.63, 3.8) is 0 Å². The largest absolute Gasteiger partial charge is 0.383 e. The maximum absolute atomic E-state index is 13.1. The van der Waals surface area contributed by atoms with Gasteiger partial charge < -0.3 is 25.0 Å². The number of carbonyl (C=O) groups excluding carboxylic acids is 2. The Morgan fingerprint density at radius 3 is 2.64 bits per heavy atom. The van der Waals surface area contributed by atoms with Crippen molar-refractivity contribution < 1.29 is 19.1 Å². The van der Waals surface area contributed by atoms with Gasteiger partial charge in [0.2, 0.25) is 0 Å². The number of amides is 2. The predicted molar refractivity (Wildman–Crippen MR) is 144 cm³/mol. The van der Waals surface area contributed by atoms with Crippen molar-refractivity contribution in [2.24, 2.45) is 5.92 Å². The Balaban J connectivity index is 1.72. The van der Waals surface area contributed by atoms with Crippen LogP contribution in [0.15, 0.2) is 23.6 Å². The second-order valence-corrected chi connectivity index (χ2v) is 9.83. The van der Waals surface area contributed by atoms with E-state index in [-0.39, 0.29) is 11.8 Å². The molecule has 10 heteroatoms. The van der Waals surface area contributed by atoms with E-state index < -0.39 is 0 Å². The van der Waals surface area contributed by atoms with E-state index in [1.165, 1.54) is 11.3 Å². The summed E-state index contributed by atoms with van der Waals surface area (Å²) in [4.78, 5) is 35.0. The highest BCUT2D eigenvalue weighted by Gasteiger charge is 2.20. The summed E-state index contributed by atoms with van der Waals surface area (Å²) in [5.74, 6) is -0.0164. The van der Waals surface area contributed by atoms with Crippen LogP contribution in [0.4, 0.5) is 10.8 Å². The average Bonchev–Trinajstić information content (AvgIpc) is 3.39. The van der Waals surface area contributed by atoms with E-state index in [9.17, 15) is 9.59 Å². The fourth-order valence-corrected chi connectivity index (χ4v) is 4.96. The summed E-state index contributed by atoms with van der Waals surface area (Å²) in [5, 5.41) is 8.33. The zero-order chi connectivity index (χ0) is 25.9. The van der Waals surface area contributed by atoms with Crippen molar-refractivity contribution in [2.45, 2.75) is 33.2 Å². The quantitative estimate of drug-likeness (QED) is 0.393. The van der Waals surface area contributed by atoms with Crippen LogP contribution in [0.3, 0.4) is 0 Å². The number of hydrogen-bond donors (Lipinski definition) is 2. The zero-order valence-corrected chi connectivity index (χ0v) is 22.7. The first-order valence-electron chi connectivity index (χ1n) is 12.6. The van der Waals surface area contributed by atoms with Gasteiger partial charge in [-0.05, 0) is 49.5 Å². The van der Waals surface area contributed by atoms with Gasteiger partial charge in [-0.2, -0.15) is 0 Å². The third-order valence-electron chi connectivity index (χ3n) is 6.39. The van der Waals surface area contributed by atoms with E-state index in [0.717, 1.165) is 62.9 Å². The smallest absolute Gasteiger partial charge is 0.275 e. The Morgan fingerprint density at radius 2 is 1.94 bits per heavy atom. The molecule has 1 aromatic carbocycles. The Labute approximate surface area is 218 Å². The molecule has 1 aliphatic heterocycles. The molecule has 0 bridgehead atoms. The lowest BCUT2D eigenvalue weighted by atomic mass is 10.0. The molecule has 0 aliphatic carbocycles. The lowest BCUT2D eigenvalue weighted by Gasteiger charge is -2.26. The van der Waals surface area contributed by atoms with E-state index in [2.05, 4.69) is 39.3 Å². The third kappa shape index (κ3) is 7.99. The average molecular weight is 518 g/mol. The van der Waals surface area contributed by atoms with Gasteiger partial charge >= 0.3 is 0 Å². The van der Waals surface area contributed by atoms with Crippen molar-refractivity contribution in [3.05, 3.63) is 40.4 Å². The third-order valence-corrected chi connectivity index (χ3v) is 7.35. The summed E-state index contributed by atoms with van der Waals surface area (Å²) in [6.07, 6.45) is 2.09. The fraction of sp³-hybridized carbons (Fsp3) is 0.577. The molecule has 36 heavy (non-hydrogen) atoms. The molecule has 1 aliphatic rings. The minimum atomic E-state index is -0.334. The van der Waals surface area contributed by atoms with E-state index in [1.807, 2.05) is 19.2 Å². The SMILES string of the molecule is CCN(CC)Cc1ccc(NC(=O)c2csc(N(C)CC3CCOCC3)n2)c(C(=O)NCCOC)c1. The number of aromatic nitrogens is 1. The van der Waals surface area contributed by atoms with Crippen LogP contribution in [0.25, 0.3) is 0 Å². The first-order chi connectivity index (χ1) is 17.4. The molecule has 0 radical (unpaired) electrons. The van der Waals surface area contributed by atoms with Crippen molar-refractivity contribution in [1.29, 1.82) is 0 Å². The molecule has 1 fully saturated rings. The maximum atomic E-state index is 13.1. The van der Waals surface area contributed by atoms with Crippen molar-refractivity contribution >= 4 is 34.0 Å². The molecular formula is C26H39N5O4S. The van der Waals surface area contributed by atoms with Crippen LogP contribution in [0.2, 0.25) is 0 Å². The molecule has 2 aromatic rings. The summed E-state index contributed by atoms with van der Waals surface area (Å²) in [6, 6.07) is 5.60. The highest BCUT2D eigenvalue weighted by Crippen LogP contribution is 2.25. The molecule has 0 unspecified atom stereocenters. The lowest BCUT2D eigenvalue weighted by Crippen LogP contribution is -2.29. The predicted octanol–water partition coefficient (Wildman–Crippen LogP) is 3.48. The lowest BCUT2D eigenvalue weighted by molar-refractivity contribution is 0.0685. The molecule has 2 N–H and O–H groups in total. The molecular weight excluding hydrogens is 478 g/mol. The first-order valence-corrected chi connectivity index (χ1v) is 13.5. The van der Waals surface area contributed by atoms with Gasteiger partial charge in [0.05, 0.1) is 17.9 Å². The normalized spacial score (nSPS) is 14.1. The number of nitrogens with zero attached hydrogens (tertiary/aromatic N) is 3. The topological polar surface area (TPSA) is 96.0 Å². The second kappa shape index (κ2) is 14.3. The molecule has 0 atom stereocenters. The Bertz CT molecular complexity index is 988. The Morgan fingerprint density at radius 1 is 1.19 bits per heavy atom. The Kier molecular flexibility index (Phi) is 11.1. The molecule has 198 valence electrons. The van der Waals surface area contributed by atoms with Gasteiger partial charge in [-0.25, -0.2) is 4.98 Å². The molecule has 3 rings (SSSR count). The van der Waals surface area contributed by atoms with E-state index in [4.69, 9.17) is 9.47 Å². The molecule has 1 aromatic heterocycles. The number of hydrogen-bond acceptors (Lipinski definition) is 8. The van der Waals surface area contributed by atoms with Crippen LogP contribution in [0.1, 0.15) is 53.1 Å². The van der Waals surface area contributed by atoms with Crippen LogP contribution >= 0.6 is 11.3 Å². The van der Waals surface area contributed by atoms with Crippen molar-refractivity contribution in [2.75, 3.05) is 70.4 Å². The van der Waals surface area contributed by atoms with Gasteiger partial charge in [0.15, 0.2) is 5.13 Å². The number of methoxy groups -OCH3 is 1. The van der Waals surface area contributed by atoms with E-state index in [1.54, 1.807) is 18.6 Å². The van der Waals surface area contributed by atoms with Crippen LogP contribution < -0.4 is 15.5 Å². The Hall–Kier alpha value is -2.53. The van der Waals surface area contributed by atoms with Gasteiger partial charge in [-0.1, -0.05) is 19.9 Å². The van der Waals surface area contributed by atoms with Gasteiger partial charge in [0, 0.05) is 52.4 Å². The van der Waals surface area contributed by atoms with Crippen LogP contribution in [0.5, 0.6) is 0 Å². The van der Waals surface area contributed by atoms with E-state index in [0.29, 0.717) is 36.0 Å². The minimum Gasteiger partial charge on any atom is -0.383 e. The van der Waals surface area contributed by atoms with Crippen LogP contribution in [0, 0.1) is 5.92 Å². The van der Waals surface area contributed by atoms with Crippen LogP contribution in [-0.4, -0.2) is 81.9 Å². The van der Waals surface area contributed by atoms with Gasteiger partial charge in [0.1, 0.15) is 5.69 Å². The number of anilines is 2. The van der Waals surface area contributed by atoms with Gasteiger partial charge in [0.25, 0.3) is 11.8 Å². The van der Waals surface area contributed by atoms with E-state index >= 15 is 0 Å². The highest BCUT2D eigenvalue weighted by molar-refractivity contribution is 7.13. The highest BCUT2D eigenvalue weighted by atomic mass is 32.1. The van der Waals surface area contributed by atoms with Gasteiger partial charge in [-0.3, -0.25) is 14.5 Å². The number of thiazole rings is 1. The number of carbonyl (C=O) groups is 2. The summed E-state index contributed by atoms with van der Waals surface area (Å²) >= 11 is 1.45. The van der Waals surface area contributed by atoms with Crippen molar-refractivity contribution in [3.8, 4) is 0 Å². The van der Waals surface area contributed by atoms with Crippen molar-refractivity contribution in [1.82, 2.24) is 15.2 Å². The summed E-state index contributed by atoms with van der Waals surface area (Å²) in [6.45, 7) is 10.1. The summed E-state index contributed by atoms with van der Waals surface area (Å²) in [5.41, 5.74) is 2.24. The fourth-order valence-electron chi connectivity index (χ4n) is 4.18. The molecule has 2 amide bonds. The zero-order valence-electron chi connectivity index (χ0n) is 21.8. The molecule has 0 spiro atoms.